The van der Waals surface area contributed by atoms with Gasteiger partial charge in [0.15, 0.2) is 5.96 Å². The number of carbonyl (C=O) groups is 6. The highest BCUT2D eigenvalue weighted by molar-refractivity contribution is 5.97. The number of carboxylic acid groups (broad SMARTS) is 1. The number of amides is 5. The predicted octanol–water partition coefficient (Wildman–Crippen LogP) is -3.07. The van der Waals surface area contributed by atoms with Crippen molar-refractivity contribution in [2.45, 2.75) is 89.0 Å². The Morgan fingerprint density at radius 3 is 1.85 bits per heavy atom. The summed E-state index contributed by atoms with van der Waals surface area (Å²) in [4.78, 5) is 82.5. The monoisotopic (exact) mass is 581 g/mol. The molecule has 0 aromatic carbocycles. The van der Waals surface area contributed by atoms with Crippen LogP contribution < -0.4 is 33.6 Å². The topological polar surface area (TPSA) is 270 Å². The van der Waals surface area contributed by atoms with Crippen LogP contribution >= 0.6 is 0 Å². The van der Waals surface area contributed by atoms with Crippen LogP contribution in [0, 0.1) is 5.92 Å². The Labute approximate surface area is 238 Å². The molecule has 16 heteroatoms. The summed E-state index contributed by atoms with van der Waals surface area (Å²) in [5.41, 5.74) is 22.0. The van der Waals surface area contributed by atoms with E-state index in [4.69, 9.17) is 22.9 Å². The molecule has 2 heterocycles. The van der Waals surface area contributed by atoms with Crippen LogP contribution in [-0.2, 0) is 28.8 Å². The van der Waals surface area contributed by atoms with Crippen LogP contribution in [0.3, 0.4) is 0 Å². The number of aliphatic carboxylic acids is 1. The minimum absolute atomic E-state index is 0.112. The maximum Gasteiger partial charge on any atom is 0.305 e. The lowest BCUT2D eigenvalue weighted by molar-refractivity contribution is -0.147. The van der Waals surface area contributed by atoms with Gasteiger partial charge in [-0.2, -0.15) is 0 Å². The van der Waals surface area contributed by atoms with Gasteiger partial charge in [-0.15, -0.1) is 0 Å². The lowest BCUT2D eigenvalue weighted by Gasteiger charge is -2.31. The highest BCUT2D eigenvalue weighted by Crippen LogP contribution is 2.22. The third-order valence-electron chi connectivity index (χ3n) is 7.28. The van der Waals surface area contributed by atoms with E-state index in [2.05, 4.69) is 15.6 Å². The van der Waals surface area contributed by atoms with Crippen LogP contribution in [0.25, 0.3) is 0 Å². The molecule has 0 aliphatic carbocycles. The third kappa shape index (κ3) is 9.30. The first-order valence-electron chi connectivity index (χ1n) is 13.8. The van der Waals surface area contributed by atoms with Crippen molar-refractivity contribution in [3.63, 3.8) is 0 Å². The zero-order valence-electron chi connectivity index (χ0n) is 23.6. The molecule has 11 N–H and O–H groups in total. The summed E-state index contributed by atoms with van der Waals surface area (Å²) in [5.74, 6) is -4.81. The van der Waals surface area contributed by atoms with E-state index in [1.807, 2.05) is 0 Å². The van der Waals surface area contributed by atoms with E-state index in [0.29, 0.717) is 32.2 Å². The Hall–Kier alpha value is -3.95. The van der Waals surface area contributed by atoms with E-state index in [-0.39, 0.29) is 37.8 Å². The van der Waals surface area contributed by atoms with Gasteiger partial charge in [-0.3, -0.25) is 33.8 Å². The highest BCUT2D eigenvalue weighted by Gasteiger charge is 2.42. The van der Waals surface area contributed by atoms with Gasteiger partial charge in [0.1, 0.15) is 24.2 Å². The van der Waals surface area contributed by atoms with Gasteiger partial charge in [0, 0.05) is 19.6 Å². The largest absolute Gasteiger partial charge is 0.481 e. The number of aliphatic imine (C=N–C) groups is 1. The van der Waals surface area contributed by atoms with Crippen molar-refractivity contribution in [2.75, 3.05) is 19.6 Å². The summed E-state index contributed by atoms with van der Waals surface area (Å²) >= 11 is 0. The minimum Gasteiger partial charge on any atom is -0.481 e. The summed E-state index contributed by atoms with van der Waals surface area (Å²) in [6, 6.07) is -5.21. The minimum atomic E-state index is -1.48. The van der Waals surface area contributed by atoms with Gasteiger partial charge in [-0.05, 0) is 44.4 Å². The van der Waals surface area contributed by atoms with Gasteiger partial charge >= 0.3 is 5.97 Å². The Bertz CT molecular complexity index is 1030. The lowest BCUT2D eigenvalue weighted by Crippen LogP contribution is -2.58. The zero-order valence-corrected chi connectivity index (χ0v) is 23.6. The molecule has 2 aliphatic heterocycles. The molecule has 2 saturated heterocycles. The number of hydrogen-bond acceptors (Lipinski definition) is 8. The second kappa shape index (κ2) is 15.2. The molecule has 0 unspecified atom stereocenters. The molecule has 0 aromatic heterocycles. The molecule has 2 rings (SSSR count). The quantitative estimate of drug-likeness (QED) is 0.0618. The van der Waals surface area contributed by atoms with Crippen LogP contribution in [0.15, 0.2) is 4.99 Å². The van der Waals surface area contributed by atoms with Gasteiger partial charge in [0.25, 0.3) is 0 Å². The maximum atomic E-state index is 13.5. The second-order valence-electron chi connectivity index (χ2n) is 10.7. The molecular formula is C25H43N9O7. The molecule has 0 bridgehead atoms. The van der Waals surface area contributed by atoms with Crippen molar-refractivity contribution in [1.29, 1.82) is 0 Å². The zero-order chi connectivity index (χ0) is 30.9. The van der Waals surface area contributed by atoms with Crippen molar-refractivity contribution < 1.29 is 33.9 Å². The molecule has 0 spiro atoms. The van der Waals surface area contributed by atoms with Gasteiger partial charge in [-0.25, -0.2) is 0 Å². The number of carbonyl (C=O) groups excluding carboxylic acids is 5. The molecule has 41 heavy (non-hydrogen) atoms. The van der Waals surface area contributed by atoms with Crippen molar-refractivity contribution in [3.05, 3.63) is 0 Å². The van der Waals surface area contributed by atoms with E-state index in [9.17, 15) is 33.9 Å². The van der Waals surface area contributed by atoms with Crippen molar-refractivity contribution in [2.24, 2.45) is 33.8 Å². The average Bonchev–Trinajstić information content (AvgIpc) is 3.58. The molecular weight excluding hydrogens is 538 g/mol. The van der Waals surface area contributed by atoms with Crippen LogP contribution in [0.4, 0.5) is 0 Å². The van der Waals surface area contributed by atoms with Crippen LogP contribution in [-0.4, -0.2) is 106 Å². The first-order chi connectivity index (χ1) is 19.2. The van der Waals surface area contributed by atoms with Gasteiger partial charge in [0.05, 0.1) is 12.5 Å². The van der Waals surface area contributed by atoms with E-state index in [1.54, 1.807) is 13.8 Å². The molecule has 0 aromatic rings. The summed E-state index contributed by atoms with van der Waals surface area (Å²) < 4.78 is 0. The van der Waals surface area contributed by atoms with E-state index >= 15 is 0 Å². The van der Waals surface area contributed by atoms with Crippen LogP contribution in [0.2, 0.25) is 0 Å². The molecule has 5 amide bonds. The van der Waals surface area contributed by atoms with Crippen LogP contribution in [0.5, 0.6) is 0 Å². The Morgan fingerprint density at radius 2 is 1.39 bits per heavy atom. The van der Waals surface area contributed by atoms with Crippen molar-refractivity contribution >= 4 is 41.5 Å². The smallest absolute Gasteiger partial charge is 0.305 e. The van der Waals surface area contributed by atoms with E-state index < -0.39 is 72.1 Å². The molecule has 16 nitrogen and oxygen atoms in total. The number of nitrogens with zero attached hydrogens (tertiary/aromatic N) is 3. The maximum absolute atomic E-state index is 13.5. The first kappa shape index (κ1) is 33.3. The van der Waals surface area contributed by atoms with Crippen LogP contribution in [0.1, 0.15) is 58.8 Å². The van der Waals surface area contributed by atoms with Gasteiger partial charge in [0.2, 0.25) is 29.5 Å². The third-order valence-corrected chi connectivity index (χ3v) is 7.28. The molecule has 2 aliphatic rings. The lowest BCUT2D eigenvalue weighted by atomic mass is 10.0. The van der Waals surface area contributed by atoms with E-state index in [0.717, 1.165) is 0 Å². The standard InChI is InChI=1S/C25H43N9O7/c1-13(2)19(26)24(41)34-11-5-8-17(34)22(39)32-15(12-18(35)36)23(40)33-10-4-7-16(33)21(38)31-14(20(27)37)6-3-9-30-25(28)29/h13-17,19H,3-12,26H2,1-2H3,(H2,27,37)(H,31,38)(H,32,39)(H,35,36)(H4,28,29,30)/t14-,15-,16-,17-,19-/m0/s1. The van der Waals surface area contributed by atoms with Gasteiger partial charge in [-0.1, -0.05) is 13.8 Å². The van der Waals surface area contributed by atoms with Gasteiger partial charge < -0.3 is 48.5 Å². The summed E-state index contributed by atoms with van der Waals surface area (Å²) in [6.45, 7) is 4.26. The highest BCUT2D eigenvalue weighted by atomic mass is 16.4. The fraction of sp³-hybridized carbons (Fsp3) is 0.720. The fourth-order valence-corrected chi connectivity index (χ4v) is 4.98. The Balaban J connectivity index is 2.13. The normalized spacial score (nSPS) is 20.7. The number of guanidine groups is 1. The molecule has 0 radical (unpaired) electrons. The Kier molecular flexibility index (Phi) is 12.3. The number of carboxylic acids is 1. The summed E-state index contributed by atoms with van der Waals surface area (Å²) in [6.07, 6.45) is 1.39. The van der Waals surface area contributed by atoms with E-state index in [1.165, 1.54) is 9.80 Å². The number of nitrogens with one attached hydrogen (secondary N) is 2. The molecule has 230 valence electrons. The number of likely N-dealkylation sites (tertiary alicyclic amines) is 2. The number of nitrogens with two attached hydrogens (primary N) is 4. The molecule has 5 atom stereocenters. The van der Waals surface area contributed by atoms with Crippen molar-refractivity contribution in [1.82, 2.24) is 20.4 Å². The summed E-state index contributed by atoms with van der Waals surface area (Å²) in [7, 11) is 0. The average molecular weight is 582 g/mol. The second-order valence-corrected chi connectivity index (χ2v) is 10.7. The molecule has 2 fully saturated rings. The fourth-order valence-electron chi connectivity index (χ4n) is 4.98. The Morgan fingerprint density at radius 1 is 0.878 bits per heavy atom. The predicted molar refractivity (Wildman–Crippen MR) is 148 cm³/mol. The number of hydrogen-bond donors (Lipinski definition) is 7. The summed E-state index contributed by atoms with van der Waals surface area (Å²) in [5, 5.41) is 14.5. The van der Waals surface area contributed by atoms with Crippen molar-refractivity contribution in [3.8, 4) is 0 Å². The number of rotatable bonds is 14. The molecule has 0 saturated carbocycles. The first-order valence-corrected chi connectivity index (χ1v) is 13.8. The number of primary amides is 1. The SMILES string of the molecule is CC(C)[C@H](N)C(=O)N1CCC[C@H]1C(=O)N[C@@H](CC(=O)O)C(=O)N1CCC[C@H]1C(=O)N[C@@H](CCCN=C(N)N)C(N)=O.